The number of carboxylic acid groups (broad SMARTS) is 1. The van der Waals surface area contributed by atoms with E-state index in [0.29, 0.717) is 11.3 Å². The number of rotatable bonds is 3. The summed E-state index contributed by atoms with van der Waals surface area (Å²) < 4.78 is 1.57. The molecule has 1 aromatic heterocycles. The van der Waals surface area contributed by atoms with Crippen molar-refractivity contribution in [3.05, 3.63) is 47.3 Å². The van der Waals surface area contributed by atoms with Gasteiger partial charge in [-0.2, -0.15) is 5.10 Å². The van der Waals surface area contributed by atoms with Crippen molar-refractivity contribution in [3.63, 3.8) is 0 Å². The van der Waals surface area contributed by atoms with Crippen LogP contribution in [0.25, 0.3) is 5.69 Å². The van der Waals surface area contributed by atoms with Crippen LogP contribution in [-0.2, 0) is 0 Å². The van der Waals surface area contributed by atoms with Gasteiger partial charge in [0.15, 0.2) is 0 Å². The number of likely N-dealkylation sites (tertiary alicyclic amines) is 1. The van der Waals surface area contributed by atoms with Gasteiger partial charge in [0.2, 0.25) is 0 Å². The standard InChI is InChI=1S/C18H21N3O3/c1-12-5-3-4-10-20(12)17(22)14-6-8-15(9-7-14)21-13(2)16(11-19-21)18(23)24/h6-9,11-12H,3-5,10H2,1-2H3,(H,23,24). The van der Waals surface area contributed by atoms with Crippen LogP contribution in [-0.4, -0.2) is 44.3 Å². The Hall–Kier alpha value is -2.63. The molecule has 0 radical (unpaired) electrons. The number of piperidine rings is 1. The number of carboxylic acids is 1. The summed E-state index contributed by atoms with van der Waals surface area (Å²) >= 11 is 0. The van der Waals surface area contributed by atoms with Crippen molar-refractivity contribution in [1.82, 2.24) is 14.7 Å². The highest BCUT2D eigenvalue weighted by atomic mass is 16.4. The SMILES string of the molecule is Cc1c(C(=O)O)cnn1-c1ccc(C(=O)N2CCCCC2C)cc1. The topological polar surface area (TPSA) is 75.4 Å². The summed E-state index contributed by atoms with van der Waals surface area (Å²) in [7, 11) is 0. The van der Waals surface area contributed by atoms with E-state index in [-0.39, 0.29) is 17.5 Å². The fourth-order valence-corrected chi connectivity index (χ4v) is 3.19. The summed E-state index contributed by atoms with van der Waals surface area (Å²) in [4.78, 5) is 25.7. The molecule has 2 heterocycles. The molecule has 1 amide bonds. The third-order valence-corrected chi connectivity index (χ3v) is 4.66. The molecule has 1 aromatic carbocycles. The molecule has 0 aliphatic carbocycles. The quantitative estimate of drug-likeness (QED) is 0.940. The van der Waals surface area contributed by atoms with Crippen molar-refractivity contribution in [2.24, 2.45) is 0 Å². The number of hydrogen-bond acceptors (Lipinski definition) is 3. The second-order valence-corrected chi connectivity index (χ2v) is 6.25. The number of aromatic carboxylic acids is 1. The van der Waals surface area contributed by atoms with E-state index in [2.05, 4.69) is 12.0 Å². The van der Waals surface area contributed by atoms with Crippen LogP contribution < -0.4 is 0 Å². The average molecular weight is 327 g/mol. The predicted octanol–water partition coefficient (Wildman–Crippen LogP) is 2.89. The van der Waals surface area contributed by atoms with Crippen molar-refractivity contribution < 1.29 is 14.7 Å². The molecule has 1 aliphatic rings. The molecule has 2 aromatic rings. The van der Waals surface area contributed by atoms with Gasteiger partial charge in [-0.05, 0) is 57.4 Å². The highest BCUT2D eigenvalue weighted by Crippen LogP contribution is 2.20. The largest absolute Gasteiger partial charge is 0.478 e. The van der Waals surface area contributed by atoms with Crippen molar-refractivity contribution in [2.45, 2.75) is 39.2 Å². The Kier molecular flexibility index (Phi) is 4.38. The Morgan fingerprint density at radius 1 is 1.21 bits per heavy atom. The van der Waals surface area contributed by atoms with E-state index >= 15 is 0 Å². The minimum absolute atomic E-state index is 0.0529. The smallest absolute Gasteiger partial charge is 0.339 e. The van der Waals surface area contributed by atoms with Gasteiger partial charge in [-0.3, -0.25) is 4.79 Å². The van der Waals surface area contributed by atoms with Gasteiger partial charge in [0, 0.05) is 18.2 Å². The molecule has 126 valence electrons. The van der Waals surface area contributed by atoms with E-state index < -0.39 is 5.97 Å². The molecule has 1 N–H and O–H groups in total. The van der Waals surface area contributed by atoms with E-state index in [1.54, 1.807) is 35.9 Å². The van der Waals surface area contributed by atoms with Crippen LogP contribution in [0.5, 0.6) is 0 Å². The van der Waals surface area contributed by atoms with E-state index in [0.717, 1.165) is 25.1 Å². The maximum atomic E-state index is 12.6. The predicted molar refractivity (Wildman–Crippen MR) is 89.6 cm³/mol. The molecule has 24 heavy (non-hydrogen) atoms. The zero-order chi connectivity index (χ0) is 17.3. The molecule has 6 heteroatoms. The average Bonchev–Trinajstić information content (AvgIpc) is 2.96. The number of nitrogens with zero attached hydrogens (tertiary/aromatic N) is 3. The Balaban J connectivity index is 1.83. The van der Waals surface area contributed by atoms with Crippen LogP contribution in [0, 0.1) is 6.92 Å². The summed E-state index contributed by atoms with van der Waals surface area (Å²) in [5.74, 6) is -0.943. The Bertz CT molecular complexity index is 764. The first kappa shape index (κ1) is 16.2. The lowest BCUT2D eigenvalue weighted by Gasteiger charge is -2.33. The molecule has 0 saturated carbocycles. The molecule has 1 aliphatic heterocycles. The lowest BCUT2D eigenvalue weighted by molar-refractivity contribution is 0.0634. The minimum Gasteiger partial charge on any atom is -0.478 e. The van der Waals surface area contributed by atoms with Crippen LogP contribution in [0.2, 0.25) is 0 Å². The van der Waals surface area contributed by atoms with Gasteiger partial charge in [-0.15, -0.1) is 0 Å². The zero-order valence-electron chi connectivity index (χ0n) is 13.9. The lowest BCUT2D eigenvalue weighted by Crippen LogP contribution is -2.42. The number of benzene rings is 1. The first-order valence-corrected chi connectivity index (χ1v) is 8.18. The van der Waals surface area contributed by atoms with Gasteiger partial charge >= 0.3 is 5.97 Å². The molecular formula is C18H21N3O3. The van der Waals surface area contributed by atoms with E-state index in [9.17, 15) is 9.59 Å². The maximum absolute atomic E-state index is 12.6. The minimum atomic E-state index is -0.996. The molecule has 1 atom stereocenters. The van der Waals surface area contributed by atoms with Crippen molar-refractivity contribution in [2.75, 3.05) is 6.54 Å². The van der Waals surface area contributed by atoms with Crippen LogP contribution >= 0.6 is 0 Å². The van der Waals surface area contributed by atoms with Crippen LogP contribution in [0.1, 0.15) is 52.6 Å². The molecule has 1 fully saturated rings. The van der Waals surface area contributed by atoms with Gasteiger partial charge < -0.3 is 10.0 Å². The number of carbonyl (C=O) groups excluding carboxylic acids is 1. The van der Waals surface area contributed by atoms with Crippen LogP contribution in [0.15, 0.2) is 30.5 Å². The van der Waals surface area contributed by atoms with E-state index in [1.807, 2.05) is 4.90 Å². The summed E-state index contributed by atoms with van der Waals surface area (Å²) in [5.41, 5.74) is 2.13. The maximum Gasteiger partial charge on any atom is 0.339 e. The van der Waals surface area contributed by atoms with Crippen LogP contribution in [0.3, 0.4) is 0 Å². The Morgan fingerprint density at radius 3 is 2.50 bits per heavy atom. The summed E-state index contributed by atoms with van der Waals surface area (Å²) in [6, 6.07) is 7.43. The van der Waals surface area contributed by atoms with Crippen molar-refractivity contribution >= 4 is 11.9 Å². The highest BCUT2D eigenvalue weighted by molar-refractivity contribution is 5.94. The highest BCUT2D eigenvalue weighted by Gasteiger charge is 2.24. The van der Waals surface area contributed by atoms with Crippen molar-refractivity contribution in [3.8, 4) is 5.69 Å². The van der Waals surface area contributed by atoms with Gasteiger partial charge in [0.1, 0.15) is 5.56 Å². The summed E-state index contributed by atoms with van der Waals surface area (Å²) in [6.45, 7) is 4.61. The van der Waals surface area contributed by atoms with Gasteiger partial charge in [-0.25, -0.2) is 9.48 Å². The first-order chi connectivity index (χ1) is 11.5. The normalized spacial score (nSPS) is 17.8. The molecule has 0 bridgehead atoms. The zero-order valence-corrected chi connectivity index (χ0v) is 13.9. The number of carbonyl (C=O) groups is 2. The Labute approximate surface area is 140 Å². The van der Waals surface area contributed by atoms with E-state index in [1.165, 1.54) is 12.6 Å². The number of amides is 1. The van der Waals surface area contributed by atoms with E-state index in [4.69, 9.17) is 5.11 Å². The first-order valence-electron chi connectivity index (χ1n) is 8.18. The molecule has 1 unspecified atom stereocenters. The Morgan fingerprint density at radius 2 is 1.92 bits per heavy atom. The van der Waals surface area contributed by atoms with Gasteiger partial charge in [-0.1, -0.05) is 0 Å². The summed E-state index contributed by atoms with van der Waals surface area (Å²) in [5, 5.41) is 13.2. The third kappa shape index (κ3) is 2.91. The summed E-state index contributed by atoms with van der Waals surface area (Å²) in [6.07, 6.45) is 4.62. The molecule has 3 rings (SSSR count). The van der Waals surface area contributed by atoms with Gasteiger partial charge in [0.25, 0.3) is 5.91 Å². The second-order valence-electron chi connectivity index (χ2n) is 6.25. The number of aromatic nitrogens is 2. The van der Waals surface area contributed by atoms with Crippen LogP contribution in [0.4, 0.5) is 0 Å². The molecule has 0 spiro atoms. The molecular weight excluding hydrogens is 306 g/mol. The fourth-order valence-electron chi connectivity index (χ4n) is 3.19. The monoisotopic (exact) mass is 327 g/mol. The van der Waals surface area contributed by atoms with Crippen molar-refractivity contribution in [1.29, 1.82) is 0 Å². The fraction of sp³-hybridized carbons (Fsp3) is 0.389. The molecule has 1 saturated heterocycles. The lowest BCUT2D eigenvalue weighted by atomic mass is 10.0. The van der Waals surface area contributed by atoms with Gasteiger partial charge in [0.05, 0.1) is 17.6 Å². The number of hydrogen-bond donors (Lipinski definition) is 1. The third-order valence-electron chi connectivity index (χ3n) is 4.66. The molecule has 6 nitrogen and oxygen atoms in total. The second kappa shape index (κ2) is 6.47.